The van der Waals surface area contributed by atoms with Crippen LogP contribution in [0.2, 0.25) is 0 Å². The van der Waals surface area contributed by atoms with Crippen LogP contribution in [0.1, 0.15) is 39.5 Å². The highest BCUT2D eigenvalue weighted by Gasteiger charge is 2.72. The molecule has 0 aromatic heterocycles. The van der Waals surface area contributed by atoms with E-state index in [0.29, 0.717) is 12.8 Å². The van der Waals surface area contributed by atoms with Crippen LogP contribution in [0.25, 0.3) is 0 Å². The number of amides is 2. The molecule has 12 heteroatoms. The minimum atomic E-state index is -6.17. The van der Waals surface area contributed by atoms with Crippen molar-refractivity contribution in [3.05, 3.63) is 0 Å². The molecule has 5 nitrogen and oxygen atoms in total. The van der Waals surface area contributed by atoms with E-state index < -0.39 is 42.9 Å². The molecule has 0 N–H and O–H groups in total. The summed E-state index contributed by atoms with van der Waals surface area (Å²) >= 11 is 0. The van der Waals surface area contributed by atoms with Crippen molar-refractivity contribution < 1.29 is 45.1 Å². The SMILES string of the molecule is CC(C)C1COC(=O)N1C1CCN(C(=O)CCC(F)(C(F)(F)F)C(F)(F)F)CC1. The van der Waals surface area contributed by atoms with Crippen molar-refractivity contribution in [2.45, 2.75) is 69.6 Å². The number of hydrogen-bond donors (Lipinski definition) is 0. The lowest BCUT2D eigenvalue weighted by Crippen LogP contribution is -2.54. The molecule has 2 amide bonds. The first-order valence-corrected chi connectivity index (χ1v) is 9.24. The van der Waals surface area contributed by atoms with E-state index in [1.165, 1.54) is 0 Å². The first kappa shape index (κ1) is 23.5. The van der Waals surface area contributed by atoms with Crippen LogP contribution in [0.15, 0.2) is 0 Å². The number of halogens is 7. The van der Waals surface area contributed by atoms with Gasteiger partial charge in [0.2, 0.25) is 5.91 Å². The standard InChI is InChI=1S/C17H23F7N2O3/c1-10(2)12-9-29-14(28)26(12)11-4-7-25(8-5-11)13(27)3-6-15(18,16(19,20)21)17(22,23)24/h10-12H,3-9H2,1-2H3. The van der Waals surface area contributed by atoms with Crippen molar-refractivity contribution in [2.75, 3.05) is 19.7 Å². The summed E-state index contributed by atoms with van der Waals surface area (Å²) in [5, 5.41) is 0. The fourth-order valence-electron chi connectivity index (χ4n) is 3.66. The van der Waals surface area contributed by atoms with Crippen LogP contribution in [0.4, 0.5) is 35.5 Å². The van der Waals surface area contributed by atoms with Gasteiger partial charge in [0.15, 0.2) is 0 Å². The van der Waals surface area contributed by atoms with Crippen molar-refractivity contribution in [2.24, 2.45) is 5.92 Å². The van der Waals surface area contributed by atoms with E-state index in [-0.39, 0.29) is 37.7 Å². The number of alkyl halides is 7. The summed E-state index contributed by atoms with van der Waals surface area (Å²) < 4.78 is 94.3. The summed E-state index contributed by atoms with van der Waals surface area (Å²) in [4.78, 5) is 26.8. The first-order valence-electron chi connectivity index (χ1n) is 9.24. The van der Waals surface area contributed by atoms with Crippen LogP contribution in [0.5, 0.6) is 0 Å². The lowest BCUT2D eigenvalue weighted by Gasteiger charge is -2.39. The third-order valence-electron chi connectivity index (χ3n) is 5.51. The molecule has 1 unspecified atom stereocenters. The van der Waals surface area contributed by atoms with Crippen LogP contribution in [-0.2, 0) is 9.53 Å². The van der Waals surface area contributed by atoms with Gasteiger partial charge in [0, 0.05) is 32.0 Å². The highest BCUT2D eigenvalue weighted by atomic mass is 19.4. The van der Waals surface area contributed by atoms with Gasteiger partial charge in [-0.05, 0) is 18.8 Å². The summed E-state index contributed by atoms with van der Waals surface area (Å²) in [5.41, 5.74) is -5.43. The van der Waals surface area contributed by atoms with Crippen molar-refractivity contribution in [3.8, 4) is 0 Å². The van der Waals surface area contributed by atoms with Crippen LogP contribution < -0.4 is 0 Å². The number of likely N-dealkylation sites (tertiary alicyclic amines) is 1. The Kier molecular flexibility index (Phi) is 6.63. The molecule has 2 saturated heterocycles. The van der Waals surface area contributed by atoms with Gasteiger partial charge in [-0.2, -0.15) is 26.3 Å². The normalized spacial score (nSPS) is 22.4. The van der Waals surface area contributed by atoms with E-state index in [2.05, 4.69) is 0 Å². The fraction of sp³-hybridized carbons (Fsp3) is 0.882. The Bertz CT molecular complexity index is 599. The van der Waals surface area contributed by atoms with Gasteiger partial charge in [-0.15, -0.1) is 0 Å². The van der Waals surface area contributed by atoms with Gasteiger partial charge in [-0.1, -0.05) is 13.8 Å². The molecule has 2 aliphatic rings. The third kappa shape index (κ3) is 4.71. The molecule has 0 saturated carbocycles. The molecule has 29 heavy (non-hydrogen) atoms. The largest absolute Gasteiger partial charge is 0.447 e. The number of hydrogen-bond acceptors (Lipinski definition) is 3. The minimum Gasteiger partial charge on any atom is -0.447 e. The van der Waals surface area contributed by atoms with Crippen molar-refractivity contribution in [3.63, 3.8) is 0 Å². The van der Waals surface area contributed by atoms with E-state index in [1.54, 1.807) is 4.90 Å². The average molecular weight is 436 g/mol. The summed E-state index contributed by atoms with van der Waals surface area (Å²) in [7, 11) is 0. The van der Waals surface area contributed by atoms with Gasteiger partial charge in [-0.25, -0.2) is 9.18 Å². The van der Waals surface area contributed by atoms with Gasteiger partial charge in [0.1, 0.15) is 6.61 Å². The Labute approximate surface area is 163 Å². The third-order valence-corrected chi connectivity index (χ3v) is 5.51. The summed E-state index contributed by atoms with van der Waals surface area (Å²) in [6.07, 6.45) is -15.4. The number of carbonyl (C=O) groups excluding carboxylic acids is 2. The first-order chi connectivity index (χ1) is 13.2. The summed E-state index contributed by atoms with van der Waals surface area (Å²) in [6, 6.07) is -0.382. The van der Waals surface area contributed by atoms with E-state index in [0.717, 1.165) is 4.90 Å². The number of cyclic esters (lactones) is 1. The van der Waals surface area contributed by atoms with Crippen LogP contribution >= 0.6 is 0 Å². The predicted octanol–water partition coefficient (Wildman–Crippen LogP) is 4.07. The monoisotopic (exact) mass is 436 g/mol. The fourth-order valence-corrected chi connectivity index (χ4v) is 3.66. The molecule has 0 aromatic rings. The van der Waals surface area contributed by atoms with Gasteiger partial charge >= 0.3 is 18.4 Å². The maximum absolute atomic E-state index is 13.7. The van der Waals surface area contributed by atoms with Crippen LogP contribution in [-0.4, -0.2) is 71.6 Å². The topological polar surface area (TPSA) is 49.9 Å². The highest BCUT2D eigenvalue weighted by molar-refractivity contribution is 5.76. The van der Waals surface area contributed by atoms with Crippen LogP contribution in [0, 0.1) is 5.92 Å². The molecule has 2 fully saturated rings. The molecule has 1 atom stereocenters. The molecule has 0 aromatic carbocycles. The van der Waals surface area contributed by atoms with Crippen molar-refractivity contribution >= 4 is 12.0 Å². The molecule has 0 spiro atoms. The Morgan fingerprint density at radius 3 is 2.03 bits per heavy atom. The zero-order chi connectivity index (χ0) is 22.2. The van der Waals surface area contributed by atoms with E-state index >= 15 is 0 Å². The number of rotatable bonds is 5. The Morgan fingerprint density at radius 2 is 1.59 bits per heavy atom. The predicted molar refractivity (Wildman–Crippen MR) is 86.6 cm³/mol. The number of ether oxygens (including phenoxy) is 1. The second-order valence-electron chi connectivity index (χ2n) is 7.70. The Balaban J connectivity index is 1.94. The second-order valence-corrected chi connectivity index (χ2v) is 7.70. The van der Waals surface area contributed by atoms with Gasteiger partial charge in [0.25, 0.3) is 5.67 Å². The number of nitrogens with zero attached hydrogens (tertiary/aromatic N) is 2. The molecular formula is C17H23F7N2O3. The van der Waals surface area contributed by atoms with E-state index in [4.69, 9.17) is 4.74 Å². The van der Waals surface area contributed by atoms with Gasteiger partial charge in [0.05, 0.1) is 6.04 Å². The minimum absolute atomic E-state index is 0.0510. The van der Waals surface area contributed by atoms with E-state index in [9.17, 15) is 40.3 Å². The molecule has 0 radical (unpaired) electrons. The average Bonchev–Trinajstić information content (AvgIpc) is 2.99. The molecule has 2 rings (SSSR count). The highest BCUT2D eigenvalue weighted by Crippen LogP contribution is 2.49. The smallest absolute Gasteiger partial charge is 0.431 e. The molecule has 0 aliphatic carbocycles. The zero-order valence-corrected chi connectivity index (χ0v) is 15.9. The van der Waals surface area contributed by atoms with Crippen molar-refractivity contribution in [1.82, 2.24) is 9.80 Å². The molecular weight excluding hydrogens is 413 g/mol. The van der Waals surface area contributed by atoms with Gasteiger partial charge < -0.3 is 9.64 Å². The Morgan fingerprint density at radius 1 is 1.07 bits per heavy atom. The second kappa shape index (κ2) is 8.17. The Hall–Kier alpha value is -1.75. The van der Waals surface area contributed by atoms with E-state index in [1.807, 2.05) is 13.8 Å². The number of piperidine rings is 1. The number of carbonyl (C=O) groups is 2. The molecule has 0 bridgehead atoms. The maximum atomic E-state index is 13.7. The lowest BCUT2D eigenvalue weighted by atomic mass is 9.96. The summed E-state index contributed by atoms with van der Waals surface area (Å²) in [5.74, 6) is -0.855. The zero-order valence-electron chi connectivity index (χ0n) is 15.9. The maximum Gasteiger partial charge on any atom is 0.431 e. The van der Waals surface area contributed by atoms with Crippen LogP contribution in [0.3, 0.4) is 0 Å². The van der Waals surface area contributed by atoms with Gasteiger partial charge in [-0.3, -0.25) is 9.69 Å². The quantitative estimate of drug-likeness (QED) is 0.611. The molecule has 2 heterocycles. The van der Waals surface area contributed by atoms with Crippen molar-refractivity contribution in [1.29, 1.82) is 0 Å². The molecule has 2 aliphatic heterocycles. The molecule has 168 valence electrons. The summed E-state index contributed by atoms with van der Waals surface area (Å²) in [6.45, 7) is 4.18. The lowest BCUT2D eigenvalue weighted by molar-refractivity contribution is -0.343.